The molecule has 12 aromatic rings. The van der Waals surface area contributed by atoms with Gasteiger partial charge in [0.1, 0.15) is 11.2 Å². The van der Waals surface area contributed by atoms with Crippen molar-refractivity contribution in [1.82, 2.24) is 19.5 Å². The topological polar surface area (TPSA) is 56.7 Å². The predicted octanol–water partition coefficient (Wildman–Crippen LogP) is 15.9. The van der Waals surface area contributed by atoms with Gasteiger partial charge in [-0.1, -0.05) is 198 Å². The van der Waals surface area contributed by atoms with E-state index in [1.807, 2.05) is 36.4 Å². The molecular formula is C59H44N4O. The van der Waals surface area contributed by atoms with Crippen molar-refractivity contribution in [3.63, 3.8) is 0 Å². The van der Waals surface area contributed by atoms with E-state index < -0.39 is 0 Å². The Morgan fingerprint density at radius 2 is 0.984 bits per heavy atom. The van der Waals surface area contributed by atoms with Crippen LogP contribution in [0.25, 0.3) is 116 Å². The summed E-state index contributed by atoms with van der Waals surface area (Å²) in [5.74, 6) is 1.72. The number of rotatable bonds is 4. The third-order valence-corrected chi connectivity index (χ3v) is 13.0. The number of nitrogens with zero attached hydrogens (tertiary/aromatic N) is 4. The van der Waals surface area contributed by atoms with Crippen molar-refractivity contribution in [3.8, 4) is 51.0 Å². The highest BCUT2D eigenvalue weighted by molar-refractivity contribution is 6.33. The van der Waals surface area contributed by atoms with E-state index in [2.05, 4.69) is 178 Å². The summed E-state index contributed by atoms with van der Waals surface area (Å²) in [5.41, 5.74) is 12.9. The summed E-state index contributed by atoms with van der Waals surface area (Å²) in [6, 6.07) is 64.7. The molecule has 3 aromatic heterocycles. The highest BCUT2D eigenvalue weighted by atomic mass is 16.3. The van der Waals surface area contributed by atoms with Gasteiger partial charge in [0.05, 0.1) is 11.0 Å². The van der Waals surface area contributed by atoms with Crippen LogP contribution in [-0.4, -0.2) is 19.5 Å². The van der Waals surface area contributed by atoms with E-state index in [1.54, 1.807) is 0 Å². The second-order valence-electron chi connectivity index (χ2n) is 17.4. The third kappa shape index (κ3) is 5.60. The Morgan fingerprint density at radius 3 is 1.77 bits per heavy atom. The van der Waals surface area contributed by atoms with E-state index in [9.17, 15) is 0 Å². The molecule has 0 fully saturated rings. The third-order valence-electron chi connectivity index (χ3n) is 13.0. The molecule has 0 saturated carbocycles. The van der Waals surface area contributed by atoms with Crippen molar-refractivity contribution in [2.45, 2.75) is 39.5 Å². The largest absolute Gasteiger partial charge is 0.456 e. The minimum Gasteiger partial charge on any atom is -0.456 e. The van der Waals surface area contributed by atoms with Gasteiger partial charge in [0.15, 0.2) is 11.6 Å². The van der Waals surface area contributed by atoms with E-state index in [1.165, 1.54) is 55.8 Å². The summed E-state index contributed by atoms with van der Waals surface area (Å²) in [5, 5.41) is 9.19. The van der Waals surface area contributed by atoms with Gasteiger partial charge >= 0.3 is 0 Å². The average molecular weight is 825 g/mol. The van der Waals surface area contributed by atoms with Gasteiger partial charge in [-0.25, -0.2) is 4.98 Å². The summed E-state index contributed by atoms with van der Waals surface area (Å²) in [7, 11) is 0. The molecule has 5 nitrogen and oxygen atoms in total. The van der Waals surface area contributed by atoms with Crippen LogP contribution in [0.1, 0.15) is 45.2 Å². The smallest absolute Gasteiger partial charge is 0.238 e. The summed E-state index contributed by atoms with van der Waals surface area (Å²) in [6.45, 7) is 8.97. The molecule has 306 valence electrons. The van der Waals surface area contributed by atoms with Gasteiger partial charge < -0.3 is 4.42 Å². The molecule has 0 aliphatic heterocycles. The lowest BCUT2D eigenvalue weighted by molar-refractivity contribution is 0.662. The van der Waals surface area contributed by atoms with Gasteiger partial charge in [-0.3, -0.25) is 4.57 Å². The molecule has 5 heteroatoms. The first-order chi connectivity index (χ1) is 31.4. The first-order valence-corrected chi connectivity index (χ1v) is 22.3. The summed E-state index contributed by atoms with van der Waals surface area (Å²) in [4.78, 5) is 16.1. The second-order valence-corrected chi connectivity index (χ2v) is 17.4. The monoisotopic (exact) mass is 824 g/mol. The maximum Gasteiger partial charge on any atom is 0.238 e. The number of hydrogen-bond acceptors (Lipinski definition) is 4. The Hall–Kier alpha value is -7.89. The first kappa shape index (κ1) is 37.8. The van der Waals surface area contributed by atoms with Crippen LogP contribution in [-0.2, 0) is 5.41 Å². The van der Waals surface area contributed by atoms with E-state index in [-0.39, 0.29) is 5.41 Å². The van der Waals surface area contributed by atoms with Crippen molar-refractivity contribution in [2.24, 2.45) is 0 Å². The van der Waals surface area contributed by atoms with Crippen LogP contribution in [0.5, 0.6) is 0 Å². The fourth-order valence-corrected chi connectivity index (χ4v) is 10.4. The lowest BCUT2D eigenvalue weighted by Gasteiger charge is -2.25. The van der Waals surface area contributed by atoms with Crippen molar-refractivity contribution >= 4 is 65.3 Å². The van der Waals surface area contributed by atoms with Crippen LogP contribution in [0, 0.1) is 0 Å². The minimum atomic E-state index is -0.225. The van der Waals surface area contributed by atoms with Gasteiger partial charge in [0, 0.05) is 49.0 Å². The van der Waals surface area contributed by atoms with E-state index >= 15 is 0 Å². The maximum atomic E-state index is 6.40. The molecule has 3 heterocycles. The SMILES string of the molecule is CC1(C)c2ccccc2-c2cccc(-c3cccc4c5c6ccccc6c6ccccc6c5n(-c5nc(-c6ccccc6)nc(-c6ccc7c(c6)oc6ccccc67)n5)c34)c21.CCC. The normalized spacial score (nSPS) is 12.9. The van der Waals surface area contributed by atoms with Gasteiger partial charge in [-0.05, 0) is 62.2 Å². The van der Waals surface area contributed by atoms with Crippen molar-refractivity contribution < 1.29 is 4.42 Å². The van der Waals surface area contributed by atoms with Gasteiger partial charge in [-0.2, -0.15) is 9.97 Å². The molecule has 9 aromatic carbocycles. The van der Waals surface area contributed by atoms with Crippen LogP contribution in [0.15, 0.2) is 186 Å². The molecule has 0 radical (unpaired) electrons. The van der Waals surface area contributed by atoms with Crippen LogP contribution < -0.4 is 0 Å². The highest BCUT2D eigenvalue weighted by Crippen LogP contribution is 2.54. The number of para-hydroxylation sites is 2. The lowest BCUT2D eigenvalue weighted by atomic mass is 9.78. The predicted molar refractivity (Wildman–Crippen MR) is 266 cm³/mol. The number of fused-ring (bicyclic) bond motifs is 14. The number of hydrogen-bond donors (Lipinski definition) is 0. The van der Waals surface area contributed by atoms with E-state index in [4.69, 9.17) is 19.4 Å². The van der Waals surface area contributed by atoms with Gasteiger partial charge in [-0.15, -0.1) is 0 Å². The van der Waals surface area contributed by atoms with E-state index in [0.717, 1.165) is 60.4 Å². The zero-order valence-corrected chi connectivity index (χ0v) is 36.2. The number of aromatic nitrogens is 4. The van der Waals surface area contributed by atoms with Crippen LogP contribution >= 0.6 is 0 Å². The fourth-order valence-electron chi connectivity index (χ4n) is 10.4. The Kier molecular flexibility index (Phi) is 8.63. The van der Waals surface area contributed by atoms with Gasteiger partial charge in [0.25, 0.3) is 0 Å². The number of furan rings is 1. The van der Waals surface area contributed by atoms with Gasteiger partial charge in [0.2, 0.25) is 5.95 Å². The molecule has 0 bridgehead atoms. The summed E-state index contributed by atoms with van der Waals surface area (Å²) in [6.07, 6.45) is 1.25. The average Bonchev–Trinajstić information content (AvgIpc) is 3.98. The molecule has 1 aliphatic carbocycles. The minimum absolute atomic E-state index is 0.225. The highest BCUT2D eigenvalue weighted by Gasteiger charge is 2.38. The molecule has 13 rings (SSSR count). The standard InChI is InChI=1S/C56H36N4O.C3H8/c1-56(2)46-28-12-10-20-37(46)41-24-14-25-42(50(41)56)44-26-15-27-45-49-40-22-8-6-18-35(40)36-19-7-9-23-43(36)52(49)60(51(44)45)55-58-53(33-16-4-3-5-17-33)57-54(59-55)34-30-31-39-38-21-11-13-29-47(38)61-48(39)32-34;1-3-2/h3-32H,1-2H3;3H2,1-2H3. The Bertz CT molecular complexity index is 3820. The molecule has 64 heavy (non-hydrogen) atoms. The number of benzene rings is 9. The van der Waals surface area contributed by atoms with Crippen LogP contribution in [0.3, 0.4) is 0 Å². The Balaban J connectivity index is 0.00000141. The van der Waals surface area contributed by atoms with Crippen LogP contribution in [0.4, 0.5) is 0 Å². The Labute approximate surface area is 371 Å². The lowest BCUT2D eigenvalue weighted by Crippen LogP contribution is -2.16. The molecule has 0 amide bonds. The molecule has 0 spiro atoms. The molecular weight excluding hydrogens is 781 g/mol. The molecule has 0 unspecified atom stereocenters. The fraction of sp³-hybridized carbons (Fsp3) is 0.102. The first-order valence-electron chi connectivity index (χ1n) is 22.3. The van der Waals surface area contributed by atoms with Crippen molar-refractivity contribution in [1.29, 1.82) is 0 Å². The second kappa shape index (κ2) is 14.6. The maximum absolute atomic E-state index is 6.40. The quantitative estimate of drug-likeness (QED) is 0.166. The van der Waals surface area contributed by atoms with E-state index in [0.29, 0.717) is 17.6 Å². The Morgan fingerprint density at radius 1 is 0.438 bits per heavy atom. The molecule has 0 saturated heterocycles. The molecule has 1 aliphatic rings. The summed E-state index contributed by atoms with van der Waals surface area (Å²) >= 11 is 0. The van der Waals surface area contributed by atoms with Crippen molar-refractivity contribution in [3.05, 3.63) is 193 Å². The summed E-state index contributed by atoms with van der Waals surface area (Å²) < 4.78 is 8.74. The molecule has 0 N–H and O–H groups in total. The zero-order chi connectivity index (χ0) is 43.1. The van der Waals surface area contributed by atoms with Crippen molar-refractivity contribution in [2.75, 3.05) is 0 Å². The zero-order valence-electron chi connectivity index (χ0n) is 36.2. The molecule has 0 atom stereocenters. The van der Waals surface area contributed by atoms with Crippen LogP contribution in [0.2, 0.25) is 0 Å².